The molecule has 6 aromatic rings. The maximum absolute atomic E-state index is 13.5. The molecule has 0 unspecified atom stereocenters. The summed E-state index contributed by atoms with van der Waals surface area (Å²) >= 11 is 0. The molecule has 7 rings (SSSR count). The second kappa shape index (κ2) is 9.59. The number of para-hydroxylation sites is 2. The van der Waals surface area contributed by atoms with Crippen molar-refractivity contribution >= 4 is 26.9 Å². The van der Waals surface area contributed by atoms with Crippen molar-refractivity contribution in [3.05, 3.63) is 140 Å². The number of hydrogen-bond donors (Lipinski definition) is 0. The van der Waals surface area contributed by atoms with Gasteiger partial charge in [-0.2, -0.15) is 0 Å². The predicted molar refractivity (Wildman–Crippen MR) is 158 cm³/mol. The van der Waals surface area contributed by atoms with E-state index in [-0.39, 0.29) is 0 Å². The Labute approximate surface area is 233 Å². The molecular weight excluding hydrogens is 514 g/mol. The van der Waals surface area contributed by atoms with E-state index in [0.29, 0.717) is 27.0 Å². The average Bonchev–Trinajstić information content (AvgIpc) is 3.02. The van der Waals surface area contributed by atoms with Gasteiger partial charge in [-0.25, -0.2) is 18.4 Å². The van der Waals surface area contributed by atoms with Crippen LogP contribution in [0.4, 0.5) is 17.1 Å². The van der Waals surface area contributed by atoms with Gasteiger partial charge in [0.15, 0.2) is 5.82 Å². The third kappa shape index (κ3) is 4.06. The van der Waals surface area contributed by atoms with E-state index in [1.165, 1.54) is 0 Å². The van der Waals surface area contributed by atoms with Gasteiger partial charge in [0.25, 0.3) is 0 Å². The van der Waals surface area contributed by atoms with E-state index in [1.54, 1.807) is 24.3 Å². The second-order valence-corrected chi connectivity index (χ2v) is 11.4. The van der Waals surface area contributed by atoms with Crippen LogP contribution >= 0.6 is 0 Å². The normalized spacial score (nSPS) is 13.3. The molecule has 0 saturated carbocycles. The Bertz CT molecular complexity index is 1860. The Morgan fingerprint density at radius 1 is 0.475 bits per heavy atom. The number of nitrogens with zero attached hydrogens (tertiary/aromatic N) is 3. The van der Waals surface area contributed by atoms with Gasteiger partial charge in [-0.05, 0) is 42.5 Å². The minimum absolute atomic E-state index is 0.291. The van der Waals surface area contributed by atoms with Gasteiger partial charge >= 0.3 is 0 Å². The van der Waals surface area contributed by atoms with Crippen LogP contribution in [0.2, 0.25) is 0 Å². The van der Waals surface area contributed by atoms with Crippen molar-refractivity contribution in [3.8, 4) is 33.9 Å². The fourth-order valence-corrected chi connectivity index (χ4v) is 6.76. The minimum Gasteiger partial charge on any atom is -0.308 e. The monoisotopic (exact) mass is 537 g/mol. The highest BCUT2D eigenvalue weighted by molar-refractivity contribution is 7.92. The van der Waals surface area contributed by atoms with E-state index >= 15 is 0 Å². The van der Waals surface area contributed by atoms with Gasteiger partial charge in [0.05, 0.1) is 32.6 Å². The first kappa shape index (κ1) is 24.0. The summed E-state index contributed by atoms with van der Waals surface area (Å²) in [5, 5.41) is 0. The van der Waals surface area contributed by atoms with Crippen molar-refractivity contribution in [1.82, 2.24) is 9.97 Å². The summed E-state index contributed by atoms with van der Waals surface area (Å²) in [6.45, 7) is 0. The largest absolute Gasteiger partial charge is 0.308 e. The Morgan fingerprint density at radius 2 is 0.975 bits per heavy atom. The zero-order chi connectivity index (χ0) is 27.1. The first-order valence-corrected chi connectivity index (χ1v) is 14.4. The number of anilines is 3. The van der Waals surface area contributed by atoms with Gasteiger partial charge in [0, 0.05) is 22.4 Å². The number of hydrogen-bond acceptors (Lipinski definition) is 5. The number of rotatable bonds is 4. The highest BCUT2D eigenvalue weighted by Crippen LogP contribution is 2.48. The van der Waals surface area contributed by atoms with Gasteiger partial charge in [-0.15, -0.1) is 0 Å². The van der Waals surface area contributed by atoms with Crippen molar-refractivity contribution in [2.75, 3.05) is 4.90 Å². The van der Waals surface area contributed by atoms with Crippen LogP contribution in [0.3, 0.4) is 0 Å². The lowest BCUT2D eigenvalue weighted by molar-refractivity contribution is 0.595. The third-order valence-electron chi connectivity index (χ3n) is 7.02. The Hall–Kier alpha value is -5.07. The molecule has 5 aromatic carbocycles. The molecule has 0 spiro atoms. The molecule has 0 radical (unpaired) electrons. The fourth-order valence-electron chi connectivity index (χ4n) is 5.14. The fraction of sp³-hybridized carbons (Fsp3) is 0. The van der Waals surface area contributed by atoms with Crippen molar-refractivity contribution in [2.24, 2.45) is 0 Å². The van der Waals surface area contributed by atoms with Crippen LogP contribution in [0.5, 0.6) is 0 Å². The topological polar surface area (TPSA) is 63.2 Å². The summed E-state index contributed by atoms with van der Waals surface area (Å²) < 4.78 is 26.9. The van der Waals surface area contributed by atoms with Gasteiger partial charge < -0.3 is 4.90 Å². The second-order valence-electron chi connectivity index (χ2n) is 9.52. The van der Waals surface area contributed by atoms with Crippen LogP contribution in [0.25, 0.3) is 33.9 Å². The van der Waals surface area contributed by atoms with Gasteiger partial charge in [0.1, 0.15) is 0 Å². The molecule has 6 heteroatoms. The smallest absolute Gasteiger partial charge is 0.210 e. The summed E-state index contributed by atoms with van der Waals surface area (Å²) in [5.74, 6) is 0.641. The van der Waals surface area contributed by atoms with Crippen LogP contribution < -0.4 is 4.90 Å². The number of aromatic nitrogens is 2. The predicted octanol–water partition coefficient (Wildman–Crippen LogP) is 8.09. The standard InChI is InChI=1S/C34H23N3O2S/c38-40(39)32-20-9-7-18-30(32)37(31-19-8-10-21-33(31)40)27-17-11-16-26(22-27)29-23-28(24-12-3-1-4-13-24)35-34(36-29)25-14-5-2-6-15-25/h1-23H. The summed E-state index contributed by atoms with van der Waals surface area (Å²) in [6.07, 6.45) is 0. The van der Waals surface area contributed by atoms with Gasteiger partial charge in [0.2, 0.25) is 9.84 Å². The lowest BCUT2D eigenvalue weighted by atomic mass is 10.1. The van der Waals surface area contributed by atoms with Gasteiger partial charge in [-0.1, -0.05) is 97.1 Å². The van der Waals surface area contributed by atoms with E-state index < -0.39 is 9.84 Å². The molecule has 40 heavy (non-hydrogen) atoms. The van der Waals surface area contributed by atoms with Crippen LogP contribution in [0.15, 0.2) is 149 Å². The first-order valence-electron chi connectivity index (χ1n) is 12.9. The van der Waals surface area contributed by atoms with Crippen molar-refractivity contribution in [3.63, 3.8) is 0 Å². The summed E-state index contributed by atoms with van der Waals surface area (Å²) in [4.78, 5) is 12.5. The Balaban J connectivity index is 1.41. The molecule has 0 amide bonds. The number of benzene rings is 5. The Morgan fingerprint density at radius 3 is 1.60 bits per heavy atom. The molecule has 1 aromatic heterocycles. The molecule has 0 aliphatic carbocycles. The minimum atomic E-state index is -3.64. The van der Waals surface area contributed by atoms with Crippen LogP contribution in [0.1, 0.15) is 0 Å². The van der Waals surface area contributed by atoms with Crippen LogP contribution in [0, 0.1) is 0 Å². The molecule has 2 heterocycles. The number of sulfone groups is 1. The Kier molecular flexibility index (Phi) is 5.76. The SMILES string of the molecule is O=S1(=O)c2ccccc2N(c2cccc(-c3cc(-c4ccccc4)nc(-c4ccccc4)n3)c2)c2ccccc21. The molecule has 0 saturated heterocycles. The lowest BCUT2D eigenvalue weighted by Gasteiger charge is -2.33. The van der Waals surface area contributed by atoms with E-state index in [9.17, 15) is 8.42 Å². The molecule has 0 bridgehead atoms. The van der Waals surface area contributed by atoms with E-state index in [2.05, 4.69) is 6.07 Å². The summed E-state index contributed by atoms with van der Waals surface area (Å²) in [6, 6.07) is 44.3. The molecular formula is C34H23N3O2S. The average molecular weight is 538 g/mol. The zero-order valence-electron chi connectivity index (χ0n) is 21.3. The molecule has 1 aliphatic heterocycles. The highest BCUT2D eigenvalue weighted by atomic mass is 32.2. The quantitative estimate of drug-likeness (QED) is 0.227. The van der Waals surface area contributed by atoms with Crippen LogP contribution in [-0.2, 0) is 9.84 Å². The number of fused-ring (bicyclic) bond motifs is 2. The van der Waals surface area contributed by atoms with Gasteiger partial charge in [-0.3, -0.25) is 0 Å². The van der Waals surface area contributed by atoms with Crippen LogP contribution in [-0.4, -0.2) is 18.4 Å². The molecule has 0 atom stereocenters. The molecule has 1 aliphatic rings. The van der Waals surface area contributed by atoms with E-state index in [0.717, 1.165) is 33.8 Å². The van der Waals surface area contributed by atoms with Crippen molar-refractivity contribution in [2.45, 2.75) is 9.79 Å². The molecule has 0 fully saturated rings. The third-order valence-corrected chi connectivity index (χ3v) is 8.87. The van der Waals surface area contributed by atoms with Crippen molar-refractivity contribution in [1.29, 1.82) is 0 Å². The molecule has 192 valence electrons. The maximum atomic E-state index is 13.5. The van der Waals surface area contributed by atoms with E-state index in [4.69, 9.17) is 9.97 Å². The van der Waals surface area contributed by atoms with E-state index in [1.807, 2.05) is 114 Å². The highest BCUT2D eigenvalue weighted by Gasteiger charge is 2.34. The molecule has 5 nitrogen and oxygen atoms in total. The lowest BCUT2D eigenvalue weighted by Crippen LogP contribution is -2.22. The molecule has 0 N–H and O–H groups in total. The maximum Gasteiger partial charge on any atom is 0.210 e. The zero-order valence-corrected chi connectivity index (χ0v) is 22.2. The summed E-state index contributed by atoms with van der Waals surface area (Å²) in [7, 11) is -3.64. The first-order chi connectivity index (χ1) is 19.6. The van der Waals surface area contributed by atoms with Crippen molar-refractivity contribution < 1.29 is 8.42 Å². The summed E-state index contributed by atoms with van der Waals surface area (Å²) in [5.41, 5.74) is 6.53.